The number of nitrogens with zero attached hydrogens (tertiary/aromatic N) is 1. The molecule has 1 aliphatic rings. The molecule has 1 saturated heterocycles. The van der Waals surface area contributed by atoms with Gasteiger partial charge in [-0.05, 0) is 65.2 Å². The smallest absolute Gasteiger partial charge is 0.293 e. The number of carbonyl (C=O) groups excluding carboxylic acids is 2. The second-order valence-corrected chi connectivity index (χ2v) is 8.48. The van der Waals surface area contributed by atoms with Gasteiger partial charge in [0.05, 0.1) is 4.91 Å². The lowest BCUT2D eigenvalue weighted by atomic mass is 10.1. The van der Waals surface area contributed by atoms with Crippen molar-refractivity contribution in [1.82, 2.24) is 4.90 Å². The molecule has 0 aromatic heterocycles. The number of hydrogen-bond donors (Lipinski definition) is 0. The van der Waals surface area contributed by atoms with Crippen LogP contribution in [0.4, 0.5) is 4.79 Å². The first kappa shape index (κ1) is 21.2. The lowest BCUT2D eigenvalue weighted by Crippen LogP contribution is -2.30. The number of imide groups is 1. The zero-order chi connectivity index (χ0) is 21.6. The van der Waals surface area contributed by atoms with E-state index >= 15 is 0 Å². The molecule has 1 heterocycles. The number of thioether (sulfide) groups is 1. The predicted molar refractivity (Wildman–Crippen MR) is 125 cm³/mol. The molecule has 1 fully saturated rings. The number of rotatable bonds is 7. The van der Waals surface area contributed by atoms with Crippen LogP contribution in [0.3, 0.4) is 0 Å². The number of halogens is 1. The van der Waals surface area contributed by atoms with Crippen LogP contribution in [0.25, 0.3) is 6.08 Å². The molecule has 0 spiro atoms. The van der Waals surface area contributed by atoms with E-state index in [-0.39, 0.29) is 11.1 Å². The maximum atomic E-state index is 12.7. The molecule has 0 saturated carbocycles. The first-order valence-corrected chi connectivity index (χ1v) is 11.0. The van der Waals surface area contributed by atoms with Gasteiger partial charge in [-0.25, -0.2) is 0 Å². The van der Waals surface area contributed by atoms with E-state index in [1.165, 1.54) is 4.90 Å². The van der Waals surface area contributed by atoms with Crippen LogP contribution in [0.15, 0.2) is 83.8 Å². The highest BCUT2D eigenvalue weighted by molar-refractivity contribution is 8.18. The summed E-state index contributed by atoms with van der Waals surface area (Å²) in [6.45, 7) is 0.820. The van der Waals surface area contributed by atoms with Crippen molar-refractivity contribution in [3.8, 4) is 5.75 Å². The third kappa shape index (κ3) is 5.57. The van der Waals surface area contributed by atoms with E-state index in [0.29, 0.717) is 29.5 Å². The lowest BCUT2D eigenvalue weighted by molar-refractivity contribution is -0.122. The second kappa shape index (κ2) is 9.86. The van der Waals surface area contributed by atoms with Crippen LogP contribution in [-0.2, 0) is 17.8 Å². The second-order valence-electron chi connectivity index (χ2n) is 7.05. The Morgan fingerprint density at radius 3 is 2.29 bits per heavy atom. The van der Waals surface area contributed by atoms with Crippen LogP contribution in [0, 0.1) is 0 Å². The molecule has 3 aromatic carbocycles. The van der Waals surface area contributed by atoms with E-state index in [2.05, 4.69) is 0 Å². The zero-order valence-corrected chi connectivity index (χ0v) is 18.2. The fraction of sp³-hybridized carbons (Fsp3) is 0.120. The Labute approximate surface area is 190 Å². The Morgan fingerprint density at radius 1 is 0.871 bits per heavy atom. The summed E-state index contributed by atoms with van der Waals surface area (Å²) in [5.41, 5.74) is 2.96. The van der Waals surface area contributed by atoms with Crippen LogP contribution in [-0.4, -0.2) is 22.6 Å². The van der Waals surface area contributed by atoms with Crippen LogP contribution < -0.4 is 4.74 Å². The van der Waals surface area contributed by atoms with Gasteiger partial charge < -0.3 is 4.74 Å². The Morgan fingerprint density at radius 2 is 1.58 bits per heavy atom. The highest BCUT2D eigenvalue weighted by atomic mass is 35.5. The summed E-state index contributed by atoms with van der Waals surface area (Å²) < 4.78 is 5.79. The molecule has 2 amide bonds. The number of benzene rings is 3. The first-order chi connectivity index (χ1) is 15.1. The van der Waals surface area contributed by atoms with Crippen molar-refractivity contribution < 1.29 is 14.3 Å². The predicted octanol–water partition coefficient (Wildman–Crippen LogP) is 6.20. The van der Waals surface area contributed by atoms with Gasteiger partial charge in [0.2, 0.25) is 0 Å². The van der Waals surface area contributed by atoms with E-state index in [1.54, 1.807) is 6.08 Å². The third-order valence-electron chi connectivity index (χ3n) is 4.84. The summed E-state index contributed by atoms with van der Waals surface area (Å²) >= 11 is 6.88. The van der Waals surface area contributed by atoms with Gasteiger partial charge in [0, 0.05) is 11.6 Å². The molecule has 0 atom stereocenters. The molecular formula is C25H20ClNO3S. The Bertz CT molecular complexity index is 1100. The van der Waals surface area contributed by atoms with Crippen molar-refractivity contribution in [3.05, 3.63) is 105 Å². The van der Waals surface area contributed by atoms with Gasteiger partial charge in [-0.2, -0.15) is 0 Å². The maximum absolute atomic E-state index is 12.7. The van der Waals surface area contributed by atoms with Gasteiger partial charge in [0.15, 0.2) is 0 Å². The molecule has 156 valence electrons. The molecule has 6 heteroatoms. The van der Waals surface area contributed by atoms with Crippen molar-refractivity contribution in [2.75, 3.05) is 6.54 Å². The van der Waals surface area contributed by atoms with Crippen LogP contribution in [0.2, 0.25) is 5.02 Å². The van der Waals surface area contributed by atoms with Gasteiger partial charge in [-0.1, -0.05) is 66.2 Å². The van der Waals surface area contributed by atoms with E-state index in [1.807, 2.05) is 78.9 Å². The fourth-order valence-electron chi connectivity index (χ4n) is 3.14. The topological polar surface area (TPSA) is 46.6 Å². The largest absolute Gasteiger partial charge is 0.489 e. The summed E-state index contributed by atoms with van der Waals surface area (Å²) in [6.07, 6.45) is 2.39. The van der Waals surface area contributed by atoms with Crippen LogP contribution in [0.1, 0.15) is 16.7 Å². The monoisotopic (exact) mass is 449 g/mol. The van der Waals surface area contributed by atoms with Crippen molar-refractivity contribution in [2.24, 2.45) is 0 Å². The average Bonchev–Trinajstić information content (AvgIpc) is 3.06. The van der Waals surface area contributed by atoms with Gasteiger partial charge in [0.1, 0.15) is 12.4 Å². The van der Waals surface area contributed by atoms with E-state index in [0.717, 1.165) is 34.2 Å². The van der Waals surface area contributed by atoms with Gasteiger partial charge >= 0.3 is 0 Å². The summed E-state index contributed by atoms with van der Waals surface area (Å²) in [5.74, 6) is 0.483. The number of carbonyl (C=O) groups is 2. The molecule has 0 N–H and O–H groups in total. The van der Waals surface area contributed by atoms with Crippen molar-refractivity contribution in [3.63, 3.8) is 0 Å². The normalized spacial score (nSPS) is 15.0. The molecule has 0 bridgehead atoms. The molecule has 0 unspecified atom stereocenters. The SMILES string of the molecule is O=C1S/C(=C\c2ccc(OCc3ccc(Cl)cc3)cc2)C(=O)N1CCc1ccccc1. The molecule has 0 radical (unpaired) electrons. The summed E-state index contributed by atoms with van der Waals surface area (Å²) in [4.78, 5) is 26.7. The Kier molecular flexibility index (Phi) is 6.75. The summed E-state index contributed by atoms with van der Waals surface area (Å²) in [5, 5.41) is 0.465. The molecular weight excluding hydrogens is 430 g/mol. The highest BCUT2D eigenvalue weighted by Gasteiger charge is 2.34. The minimum absolute atomic E-state index is 0.227. The average molecular weight is 450 g/mol. The highest BCUT2D eigenvalue weighted by Crippen LogP contribution is 2.32. The standard InChI is InChI=1S/C25H20ClNO3S/c26-21-10-6-20(7-11-21)17-30-22-12-8-19(9-13-22)16-23-24(28)27(25(29)31-23)15-14-18-4-2-1-3-5-18/h1-13,16H,14-15,17H2/b23-16-. The minimum atomic E-state index is -0.242. The minimum Gasteiger partial charge on any atom is -0.489 e. The summed E-state index contributed by atoms with van der Waals surface area (Å²) in [6, 6.07) is 24.8. The molecule has 4 rings (SSSR count). The fourth-order valence-corrected chi connectivity index (χ4v) is 4.13. The van der Waals surface area contributed by atoms with Crippen LogP contribution in [0.5, 0.6) is 5.75 Å². The van der Waals surface area contributed by atoms with Crippen molar-refractivity contribution in [2.45, 2.75) is 13.0 Å². The summed E-state index contributed by atoms with van der Waals surface area (Å²) in [7, 11) is 0. The molecule has 3 aromatic rings. The Balaban J connectivity index is 1.36. The van der Waals surface area contributed by atoms with Crippen LogP contribution >= 0.6 is 23.4 Å². The first-order valence-electron chi connectivity index (χ1n) is 9.85. The van der Waals surface area contributed by atoms with E-state index in [4.69, 9.17) is 16.3 Å². The maximum Gasteiger partial charge on any atom is 0.293 e. The lowest BCUT2D eigenvalue weighted by Gasteiger charge is -2.12. The molecule has 4 nitrogen and oxygen atoms in total. The van der Waals surface area contributed by atoms with Crippen molar-refractivity contribution >= 4 is 40.6 Å². The van der Waals surface area contributed by atoms with Crippen molar-refractivity contribution in [1.29, 1.82) is 0 Å². The van der Waals surface area contributed by atoms with Gasteiger partial charge in [-0.15, -0.1) is 0 Å². The zero-order valence-electron chi connectivity index (χ0n) is 16.7. The molecule has 31 heavy (non-hydrogen) atoms. The number of ether oxygens (including phenoxy) is 1. The van der Waals surface area contributed by atoms with Gasteiger partial charge in [0.25, 0.3) is 11.1 Å². The third-order valence-corrected chi connectivity index (χ3v) is 6.00. The number of hydrogen-bond acceptors (Lipinski definition) is 4. The van der Waals surface area contributed by atoms with E-state index < -0.39 is 0 Å². The van der Waals surface area contributed by atoms with E-state index in [9.17, 15) is 9.59 Å². The molecule has 0 aliphatic carbocycles. The quantitative estimate of drug-likeness (QED) is 0.403. The van der Waals surface area contributed by atoms with Gasteiger partial charge in [-0.3, -0.25) is 14.5 Å². The molecule has 1 aliphatic heterocycles. The Hall–Kier alpha value is -3.02. The number of amides is 2.